The Morgan fingerprint density at radius 1 is 1.11 bits per heavy atom. The lowest BCUT2D eigenvalue weighted by Crippen LogP contribution is -2.16. The Bertz CT molecular complexity index is 1250. The van der Waals surface area contributed by atoms with Gasteiger partial charge in [-0.3, -0.25) is 4.79 Å². The predicted molar refractivity (Wildman–Crippen MR) is 141 cm³/mol. The number of benzene rings is 2. The number of ether oxygens (including phenoxy) is 2. The van der Waals surface area contributed by atoms with Gasteiger partial charge in [-0.05, 0) is 48.2 Å². The van der Waals surface area contributed by atoms with Crippen LogP contribution in [0, 0.1) is 0 Å². The monoisotopic (exact) mass is 487 g/mol. The smallest absolute Gasteiger partial charge is 0.185 e. The van der Waals surface area contributed by atoms with Crippen molar-refractivity contribution in [3.05, 3.63) is 95.4 Å². The van der Waals surface area contributed by atoms with Gasteiger partial charge in [-0.1, -0.05) is 30.3 Å². The van der Waals surface area contributed by atoms with Crippen LogP contribution < -0.4 is 14.8 Å². The minimum Gasteiger partial charge on any atom is -0.496 e. The highest BCUT2D eigenvalue weighted by Crippen LogP contribution is 2.38. The number of aromatic nitrogens is 2. The van der Waals surface area contributed by atoms with Crippen molar-refractivity contribution in [3.63, 3.8) is 0 Å². The van der Waals surface area contributed by atoms with E-state index in [1.165, 1.54) is 0 Å². The van der Waals surface area contributed by atoms with Crippen molar-refractivity contribution in [2.24, 2.45) is 0 Å². The van der Waals surface area contributed by atoms with Crippen molar-refractivity contribution in [2.75, 3.05) is 20.8 Å². The SMILES string of the molecule is COc1cc(OC)c(-c2cccs2)cc1/C=C/C(=O)c1ccc(CNCCCn2ccnc2)cc1. The summed E-state index contributed by atoms with van der Waals surface area (Å²) >= 11 is 1.64. The van der Waals surface area contributed by atoms with Gasteiger partial charge in [0.25, 0.3) is 0 Å². The molecule has 2 heterocycles. The molecular formula is C28H29N3O3S. The average molecular weight is 488 g/mol. The number of carbonyl (C=O) groups is 1. The summed E-state index contributed by atoms with van der Waals surface area (Å²) in [6.45, 7) is 2.63. The standard InChI is InChI=1S/C28H29N3O3S/c1-33-26-18-27(34-2)24(28-5-3-16-35-28)17-23(26)10-11-25(32)22-8-6-21(7-9-22)19-29-12-4-14-31-15-13-30-20-31/h3,5-11,13,15-18,20,29H,4,12,14,19H2,1-2H3/b11-10+. The highest BCUT2D eigenvalue weighted by molar-refractivity contribution is 7.13. The number of imidazole rings is 1. The molecule has 0 bridgehead atoms. The summed E-state index contributed by atoms with van der Waals surface area (Å²) in [6, 6.07) is 15.6. The lowest BCUT2D eigenvalue weighted by molar-refractivity contribution is 0.104. The van der Waals surface area contributed by atoms with Gasteiger partial charge in [0.1, 0.15) is 11.5 Å². The lowest BCUT2D eigenvalue weighted by Gasteiger charge is -2.12. The number of carbonyl (C=O) groups excluding carboxylic acids is 1. The van der Waals surface area contributed by atoms with Gasteiger partial charge in [0.05, 0.1) is 20.5 Å². The molecule has 180 valence electrons. The summed E-state index contributed by atoms with van der Waals surface area (Å²) in [6.07, 6.45) is 10.0. The number of allylic oxidation sites excluding steroid dienone is 1. The van der Waals surface area contributed by atoms with E-state index in [-0.39, 0.29) is 5.78 Å². The van der Waals surface area contributed by atoms with Gasteiger partial charge in [-0.2, -0.15) is 0 Å². The largest absolute Gasteiger partial charge is 0.496 e. The number of nitrogens with zero attached hydrogens (tertiary/aromatic N) is 2. The number of hydrogen-bond acceptors (Lipinski definition) is 6. The van der Waals surface area contributed by atoms with E-state index in [1.54, 1.807) is 43.9 Å². The molecule has 0 unspecified atom stereocenters. The molecule has 35 heavy (non-hydrogen) atoms. The van der Waals surface area contributed by atoms with Crippen molar-refractivity contribution in [2.45, 2.75) is 19.5 Å². The van der Waals surface area contributed by atoms with Crippen LogP contribution in [0.1, 0.15) is 27.9 Å². The summed E-state index contributed by atoms with van der Waals surface area (Å²) in [5, 5.41) is 5.47. The third-order valence-electron chi connectivity index (χ3n) is 5.65. The Morgan fingerprint density at radius 3 is 2.63 bits per heavy atom. The number of thiophene rings is 1. The molecule has 0 amide bonds. The van der Waals surface area contributed by atoms with Crippen molar-refractivity contribution < 1.29 is 14.3 Å². The second-order valence-corrected chi connectivity index (χ2v) is 8.94. The third kappa shape index (κ3) is 6.47. The summed E-state index contributed by atoms with van der Waals surface area (Å²) in [5.74, 6) is 1.33. The first-order chi connectivity index (χ1) is 17.2. The van der Waals surface area contributed by atoms with Gasteiger partial charge in [0, 0.05) is 53.1 Å². The van der Waals surface area contributed by atoms with Crippen LogP contribution in [-0.4, -0.2) is 36.1 Å². The first-order valence-corrected chi connectivity index (χ1v) is 12.3. The molecule has 2 aromatic carbocycles. The van der Waals surface area contributed by atoms with Crippen LogP contribution >= 0.6 is 11.3 Å². The molecule has 7 heteroatoms. The summed E-state index contributed by atoms with van der Waals surface area (Å²) in [5.41, 5.74) is 3.58. The van der Waals surface area contributed by atoms with Crippen molar-refractivity contribution >= 4 is 23.2 Å². The number of methoxy groups -OCH3 is 2. The number of aryl methyl sites for hydroxylation is 1. The zero-order valence-electron chi connectivity index (χ0n) is 19.9. The lowest BCUT2D eigenvalue weighted by atomic mass is 10.0. The quantitative estimate of drug-likeness (QED) is 0.158. The molecule has 0 radical (unpaired) electrons. The minimum atomic E-state index is -0.0552. The van der Waals surface area contributed by atoms with Crippen molar-refractivity contribution in [3.8, 4) is 21.9 Å². The zero-order valence-corrected chi connectivity index (χ0v) is 20.8. The number of hydrogen-bond donors (Lipinski definition) is 1. The van der Waals surface area contributed by atoms with Crippen LogP contribution in [0.4, 0.5) is 0 Å². The van der Waals surface area contributed by atoms with Crippen LogP contribution in [0.3, 0.4) is 0 Å². The molecule has 0 aliphatic rings. The van der Waals surface area contributed by atoms with E-state index in [0.29, 0.717) is 11.3 Å². The van der Waals surface area contributed by atoms with E-state index in [9.17, 15) is 4.79 Å². The molecular weight excluding hydrogens is 458 g/mol. The van der Waals surface area contributed by atoms with E-state index in [2.05, 4.69) is 14.9 Å². The van der Waals surface area contributed by atoms with E-state index >= 15 is 0 Å². The molecule has 4 rings (SSSR count). The zero-order chi connectivity index (χ0) is 24.5. The number of rotatable bonds is 12. The molecule has 0 saturated heterocycles. The Hall–Kier alpha value is -3.68. The Labute approximate surface area is 209 Å². The summed E-state index contributed by atoms with van der Waals surface area (Å²) in [4.78, 5) is 17.9. The predicted octanol–water partition coefficient (Wildman–Crippen LogP) is 5.70. The molecule has 4 aromatic rings. The van der Waals surface area contributed by atoms with Crippen molar-refractivity contribution in [1.82, 2.24) is 14.9 Å². The summed E-state index contributed by atoms with van der Waals surface area (Å²) in [7, 11) is 3.26. The topological polar surface area (TPSA) is 65.4 Å². The van der Waals surface area contributed by atoms with Gasteiger partial charge in [0.15, 0.2) is 5.78 Å². The Balaban J connectivity index is 1.37. The second-order valence-electron chi connectivity index (χ2n) is 8.00. The molecule has 1 N–H and O–H groups in total. The highest BCUT2D eigenvalue weighted by Gasteiger charge is 2.13. The molecule has 6 nitrogen and oxygen atoms in total. The fraction of sp³-hybridized carbons (Fsp3) is 0.214. The maximum Gasteiger partial charge on any atom is 0.185 e. The van der Waals surface area contributed by atoms with E-state index in [4.69, 9.17) is 9.47 Å². The molecule has 0 saturated carbocycles. The van der Waals surface area contributed by atoms with E-state index in [0.717, 1.165) is 53.4 Å². The number of ketones is 1. The first kappa shape index (κ1) is 24.4. The minimum absolute atomic E-state index is 0.0552. The highest BCUT2D eigenvalue weighted by atomic mass is 32.1. The first-order valence-electron chi connectivity index (χ1n) is 11.5. The van der Waals surface area contributed by atoms with Gasteiger partial charge >= 0.3 is 0 Å². The normalized spacial score (nSPS) is 11.1. The van der Waals surface area contributed by atoms with Crippen LogP contribution in [0.15, 0.2) is 78.7 Å². The maximum atomic E-state index is 12.8. The van der Waals surface area contributed by atoms with Crippen LogP contribution in [0.2, 0.25) is 0 Å². The van der Waals surface area contributed by atoms with Crippen LogP contribution in [-0.2, 0) is 13.1 Å². The van der Waals surface area contributed by atoms with E-state index in [1.807, 2.05) is 66.4 Å². The molecule has 0 atom stereocenters. The van der Waals surface area contributed by atoms with Gasteiger partial charge < -0.3 is 19.4 Å². The molecule has 0 aliphatic heterocycles. The molecule has 0 spiro atoms. The maximum absolute atomic E-state index is 12.8. The molecule has 0 fully saturated rings. The van der Waals surface area contributed by atoms with Gasteiger partial charge in [-0.25, -0.2) is 4.98 Å². The number of nitrogens with one attached hydrogen (secondary N) is 1. The third-order valence-corrected chi connectivity index (χ3v) is 6.55. The fourth-order valence-electron chi connectivity index (χ4n) is 3.77. The van der Waals surface area contributed by atoms with E-state index < -0.39 is 0 Å². The Kier molecular flexibility index (Phi) is 8.48. The second kappa shape index (κ2) is 12.1. The molecule has 2 aromatic heterocycles. The average Bonchev–Trinajstić information content (AvgIpc) is 3.62. The van der Waals surface area contributed by atoms with Gasteiger partial charge in [0.2, 0.25) is 0 Å². The van der Waals surface area contributed by atoms with Crippen LogP contribution in [0.5, 0.6) is 11.5 Å². The van der Waals surface area contributed by atoms with Crippen molar-refractivity contribution in [1.29, 1.82) is 0 Å². The molecule has 0 aliphatic carbocycles. The fourth-order valence-corrected chi connectivity index (χ4v) is 4.51. The summed E-state index contributed by atoms with van der Waals surface area (Å²) < 4.78 is 13.2. The Morgan fingerprint density at radius 2 is 1.94 bits per heavy atom. The van der Waals surface area contributed by atoms with Crippen LogP contribution in [0.25, 0.3) is 16.5 Å². The van der Waals surface area contributed by atoms with Gasteiger partial charge in [-0.15, -0.1) is 11.3 Å².